The lowest BCUT2D eigenvalue weighted by atomic mass is 10.2. The summed E-state index contributed by atoms with van der Waals surface area (Å²) in [7, 11) is 1.58. The Morgan fingerprint density at radius 3 is 2.85 bits per heavy atom. The van der Waals surface area contributed by atoms with E-state index in [1.807, 2.05) is 0 Å². The number of methoxy groups -OCH3 is 1. The first kappa shape index (κ1) is 14.7. The minimum atomic E-state index is -0.0895. The normalized spacial score (nSPS) is 14.1. The molecule has 110 valence electrons. The SMILES string of the molecule is COc1ccc(NC(=O)CCOCCC2CC2)c(N)c1. The zero-order valence-electron chi connectivity index (χ0n) is 11.9. The third-order valence-electron chi connectivity index (χ3n) is 3.37. The van der Waals surface area contributed by atoms with Crippen molar-refractivity contribution in [3.63, 3.8) is 0 Å². The lowest BCUT2D eigenvalue weighted by Gasteiger charge is -2.10. The van der Waals surface area contributed by atoms with Gasteiger partial charge in [-0.25, -0.2) is 0 Å². The first-order valence-electron chi connectivity index (χ1n) is 7.00. The van der Waals surface area contributed by atoms with Crippen LogP contribution in [-0.4, -0.2) is 26.2 Å². The van der Waals surface area contributed by atoms with Crippen LogP contribution in [0.25, 0.3) is 0 Å². The summed E-state index contributed by atoms with van der Waals surface area (Å²) < 4.78 is 10.5. The molecule has 0 aliphatic heterocycles. The van der Waals surface area contributed by atoms with E-state index in [9.17, 15) is 4.79 Å². The Balaban J connectivity index is 1.67. The second-order valence-corrected chi connectivity index (χ2v) is 5.10. The van der Waals surface area contributed by atoms with Crippen molar-refractivity contribution in [1.29, 1.82) is 0 Å². The van der Waals surface area contributed by atoms with E-state index in [0.29, 0.717) is 30.2 Å². The summed E-state index contributed by atoms with van der Waals surface area (Å²) in [6.07, 6.45) is 4.13. The number of nitrogen functional groups attached to an aromatic ring is 1. The molecule has 20 heavy (non-hydrogen) atoms. The van der Waals surface area contributed by atoms with E-state index in [0.717, 1.165) is 18.9 Å². The Kier molecular flexibility index (Phi) is 5.24. The van der Waals surface area contributed by atoms with Gasteiger partial charge in [-0.3, -0.25) is 4.79 Å². The first-order chi connectivity index (χ1) is 9.69. The van der Waals surface area contributed by atoms with Crippen LogP contribution in [0.4, 0.5) is 11.4 Å². The van der Waals surface area contributed by atoms with E-state index in [4.69, 9.17) is 15.2 Å². The van der Waals surface area contributed by atoms with E-state index < -0.39 is 0 Å². The van der Waals surface area contributed by atoms with Crippen LogP contribution in [0, 0.1) is 5.92 Å². The second-order valence-electron chi connectivity index (χ2n) is 5.10. The Morgan fingerprint density at radius 2 is 2.20 bits per heavy atom. The van der Waals surface area contributed by atoms with Crippen molar-refractivity contribution in [3.8, 4) is 5.75 Å². The number of amides is 1. The third kappa shape index (κ3) is 4.74. The van der Waals surface area contributed by atoms with Crippen LogP contribution in [0.3, 0.4) is 0 Å². The Hall–Kier alpha value is -1.75. The fourth-order valence-electron chi connectivity index (χ4n) is 1.92. The number of nitrogens with two attached hydrogens (primary N) is 1. The van der Waals surface area contributed by atoms with Gasteiger partial charge in [0.2, 0.25) is 5.91 Å². The van der Waals surface area contributed by atoms with Gasteiger partial charge in [-0.15, -0.1) is 0 Å². The van der Waals surface area contributed by atoms with Crippen LogP contribution in [-0.2, 0) is 9.53 Å². The predicted molar refractivity (Wildman–Crippen MR) is 78.8 cm³/mol. The van der Waals surface area contributed by atoms with Gasteiger partial charge in [0.15, 0.2) is 0 Å². The summed E-state index contributed by atoms with van der Waals surface area (Å²) in [4.78, 5) is 11.8. The minimum absolute atomic E-state index is 0.0895. The molecule has 1 fully saturated rings. The molecule has 1 amide bonds. The highest BCUT2D eigenvalue weighted by Crippen LogP contribution is 2.32. The number of hydrogen-bond acceptors (Lipinski definition) is 4. The molecule has 1 aliphatic rings. The lowest BCUT2D eigenvalue weighted by Crippen LogP contribution is -2.15. The summed E-state index contributed by atoms with van der Waals surface area (Å²) in [5.41, 5.74) is 6.93. The number of rotatable bonds is 8. The van der Waals surface area contributed by atoms with E-state index in [-0.39, 0.29) is 5.91 Å². The third-order valence-corrected chi connectivity index (χ3v) is 3.37. The van der Waals surface area contributed by atoms with Gasteiger partial charge in [-0.2, -0.15) is 0 Å². The number of hydrogen-bond donors (Lipinski definition) is 2. The van der Waals surface area contributed by atoms with Gasteiger partial charge in [0.1, 0.15) is 5.75 Å². The van der Waals surface area contributed by atoms with Crippen molar-refractivity contribution in [2.75, 3.05) is 31.4 Å². The number of nitrogens with one attached hydrogen (secondary N) is 1. The highest BCUT2D eigenvalue weighted by Gasteiger charge is 2.20. The molecule has 0 radical (unpaired) electrons. The Labute approximate surface area is 119 Å². The molecule has 0 unspecified atom stereocenters. The number of benzene rings is 1. The van der Waals surface area contributed by atoms with Crippen molar-refractivity contribution in [2.24, 2.45) is 5.92 Å². The van der Waals surface area contributed by atoms with Gasteiger partial charge in [0.25, 0.3) is 0 Å². The maximum Gasteiger partial charge on any atom is 0.226 e. The van der Waals surface area contributed by atoms with Crippen molar-refractivity contribution in [1.82, 2.24) is 0 Å². The van der Waals surface area contributed by atoms with E-state index in [1.54, 1.807) is 25.3 Å². The number of ether oxygens (including phenoxy) is 2. The molecular formula is C15H22N2O3. The minimum Gasteiger partial charge on any atom is -0.497 e. The second kappa shape index (κ2) is 7.14. The number of carbonyl (C=O) groups excluding carboxylic acids is 1. The maximum absolute atomic E-state index is 11.8. The standard InChI is InChI=1S/C15H22N2O3/c1-19-12-4-5-14(13(16)10-12)17-15(18)7-9-20-8-6-11-2-3-11/h4-5,10-11H,2-3,6-9,16H2,1H3,(H,17,18). The molecule has 1 aliphatic carbocycles. The van der Waals surface area contributed by atoms with Gasteiger partial charge < -0.3 is 20.5 Å². The zero-order chi connectivity index (χ0) is 14.4. The van der Waals surface area contributed by atoms with E-state index in [2.05, 4.69) is 5.32 Å². The molecule has 5 nitrogen and oxygen atoms in total. The average Bonchev–Trinajstić information content (AvgIpc) is 3.25. The van der Waals surface area contributed by atoms with Gasteiger partial charge in [0, 0.05) is 12.7 Å². The summed E-state index contributed by atoms with van der Waals surface area (Å²) in [6, 6.07) is 5.18. The monoisotopic (exact) mass is 278 g/mol. The predicted octanol–water partition coefficient (Wildman–Crippen LogP) is 2.42. The van der Waals surface area contributed by atoms with Crippen LogP contribution in [0.1, 0.15) is 25.7 Å². The summed E-state index contributed by atoms with van der Waals surface area (Å²) in [6.45, 7) is 1.21. The van der Waals surface area contributed by atoms with Crippen molar-refractivity contribution in [2.45, 2.75) is 25.7 Å². The molecule has 1 saturated carbocycles. The lowest BCUT2D eigenvalue weighted by molar-refractivity contribution is -0.117. The zero-order valence-corrected chi connectivity index (χ0v) is 11.9. The van der Waals surface area contributed by atoms with Crippen LogP contribution < -0.4 is 15.8 Å². The molecule has 5 heteroatoms. The van der Waals surface area contributed by atoms with Crippen LogP contribution in [0.15, 0.2) is 18.2 Å². The summed E-state index contributed by atoms with van der Waals surface area (Å²) in [5, 5.41) is 2.77. The fraction of sp³-hybridized carbons (Fsp3) is 0.533. The molecule has 0 heterocycles. The van der Waals surface area contributed by atoms with E-state index >= 15 is 0 Å². The van der Waals surface area contributed by atoms with Crippen LogP contribution in [0.5, 0.6) is 5.75 Å². The van der Waals surface area contributed by atoms with Gasteiger partial charge in [-0.1, -0.05) is 12.8 Å². The molecule has 3 N–H and O–H groups in total. The van der Waals surface area contributed by atoms with Crippen molar-refractivity contribution >= 4 is 17.3 Å². The van der Waals surface area contributed by atoms with E-state index in [1.165, 1.54) is 12.8 Å². The maximum atomic E-state index is 11.8. The molecule has 0 saturated heterocycles. The molecule has 1 aromatic rings. The molecule has 0 atom stereocenters. The number of carbonyl (C=O) groups is 1. The van der Waals surface area contributed by atoms with Crippen molar-refractivity contribution < 1.29 is 14.3 Å². The highest BCUT2D eigenvalue weighted by atomic mass is 16.5. The van der Waals surface area contributed by atoms with Gasteiger partial charge in [-0.05, 0) is 24.5 Å². The topological polar surface area (TPSA) is 73.6 Å². The van der Waals surface area contributed by atoms with Crippen LogP contribution in [0.2, 0.25) is 0 Å². The van der Waals surface area contributed by atoms with Gasteiger partial charge in [0.05, 0.1) is 31.5 Å². The quantitative estimate of drug-likeness (QED) is 0.566. The smallest absolute Gasteiger partial charge is 0.226 e. The average molecular weight is 278 g/mol. The molecule has 2 rings (SSSR count). The fourth-order valence-corrected chi connectivity index (χ4v) is 1.92. The Morgan fingerprint density at radius 1 is 1.40 bits per heavy atom. The molecular weight excluding hydrogens is 256 g/mol. The highest BCUT2D eigenvalue weighted by molar-refractivity contribution is 5.94. The van der Waals surface area contributed by atoms with Gasteiger partial charge >= 0.3 is 0 Å². The van der Waals surface area contributed by atoms with Crippen molar-refractivity contribution in [3.05, 3.63) is 18.2 Å². The molecule has 0 aromatic heterocycles. The number of anilines is 2. The summed E-state index contributed by atoms with van der Waals surface area (Å²) in [5.74, 6) is 1.44. The first-order valence-corrected chi connectivity index (χ1v) is 7.00. The largest absolute Gasteiger partial charge is 0.497 e. The van der Waals surface area contributed by atoms with Crippen LogP contribution >= 0.6 is 0 Å². The summed E-state index contributed by atoms with van der Waals surface area (Å²) >= 11 is 0. The molecule has 0 spiro atoms. The Bertz CT molecular complexity index is 458. The molecule has 1 aromatic carbocycles. The molecule has 0 bridgehead atoms.